The van der Waals surface area contributed by atoms with Gasteiger partial charge >= 0.3 is 0 Å². The Morgan fingerprint density at radius 3 is 2.40 bits per heavy atom. The van der Waals surface area contributed by atoms with Crippen LogP contribution in [0.15, 0.2) is 24.3 Å². The molecule has 0 bridgehead atoms. The first-order valence-electron chi connectivity index (χ1n) is 9.95. The quantitative estimate of drug-likeness (QED) is 0.736. The summed E-state index contributed by atoms with van der Waals surface area (Å²) in [5.41, 5.74) is 1.61. The second kappa shape index (κ2) is 8.85. The summed E-state index contributed by atoms with van der Waals surface area (Å²) < 4.78 is 5.53. The first kappa shape index (κ1) is 19.2. The standard InChI is InChI=1S/C21H33ClN2O/c1-3-4-13-23(2)21(18-5-7-19(22)8-6-18)11-9-20(10-12-21)24-14-16-25-17-15-24/h5-8,20H,3-4,9-17H2,1-2H3. The molecule has 0 unspecified atom stereocenters. The van der Waals surface area contributed by atoms with Crippen LogP contribution in [-0.4, -0.2) is 55.7 Å². The lowest BCUT2D eigenvalue weighted by Gasteiger charge is -2.49. The van der Waals surface area contributed by atoms with Crippen LogP contribution in [0, 0.1) is 0 Å². The Labute approximate surface area is 158 Å². The number of hydrogen-bond donors (Lipinski definition) is 0. The molecule has 1 saturated heterocycles. The Morgan fingerprint density at radius 2 is 1.80 bits per heavy atom. The van der Waals surface area contributed by atoms with E-state index in [1.54, 1.807) is 0 Å². The van der Waals surface area contributed by atoms with E-state index in [4.69, 9.17) is 16.3 Å². The minimum Gasteiger partial charge on any atom is -0.379 e. The van der Waals surface area contributed by atoms with Crippen molar-refractivity contribution in [2.75, 3.05) is 39.9 Å². The molecular formula is C21H33ClN2O. The van der Waals surface area contributed by atoms with Crippen LogP contribution in [0.1, 0.15) is 51.0 Å². The number of benzene rings is 1. The summed E-state index contributed by atoms with van der Waals surface area (Å²) in [5.74, 6) is 0. The fourth-order valence-corrected chi connectivity index (χ4v) is 4.77. The number of unbranched alkanes of at least 4 members (excludes halogenated alkanes) is 1. The Hall–Kier alpha value is -0.610. The Kier molecular flexibility index (Phi) is 6.79. The van der Waals surface area contributed by atoms with Gasteiger partial charge in [0.15, 0.2) is 0 Å². The van der Waals surface area contributed by atoms with Crippen LogP contribution in [-0.2, 0) is 10.3 Å². The maximum atomic E-state index is 6.15. The summed E-state index contributed by atoms with van der Waals surface area (Å²) >= 11 is 6.15. The third-order valence-electron chi connectivity index (χ3n) is 6.30. The minimum absolute atomic E-state index is 0.169. The number of nitrogens with zero attached hydrogens (tertiary/aromatic N) is 2. The molecule has 1 heterocycles. The minimum atomic E-state index is 0.169. The van der Waals surface area contributed by atoms with E-state index in [0.717, 1.165) is 37.4 Å². The van der Waals surface area contributed by atoms with Crippen molar-refractivity contribution in [1.82, 2.24) is 9.80 Å². The average molecular weight is 365 g/mol. The predicted molar refractivity (Wildman–Crippen MR) is 105 cm³/mol. The zero-order valence-corrected chi connectivity index (χ0v) is 16.6. The Morgan fingerprint density at radius 1 is 1.16 bits per heavy atom. The van der Waals surface area contributed by atoms with Gasteiger partial charge in [-0.2, -0.15) is 0 Å². The van der Waals surface area contributed by atoms with Gasteiger partial charge in [0.05, 0.1) is 13.2 Å². The lowest BCUT2D eigenvalue weighted by atomic mass is 9.73. The highest BCUT2D eigenvalue weighted by Gasteiger charge is 2.41. The van der Waals surface area contributed by atoms with Gasteiger partial charge in [-0.3, -0.25) is 9.80 Å². The number of ether oxygens (including phenoxy) is 1. The molecule has 0 amide bonds. The van der Waals surface area contributed by atoms with E-state index in [0.29, 0.717) is 0 Å². The number of morpholine rings is 1. The monoisotopic (exact) mass is 364 g/mol. The van der Waals surface area contributed by atoms with Gasteiger partial charge in [0.25, 0.3) is 0 Å². The highest BCUT2D eigenvalue weighted by atomic mass is 35.5. The van der Waals surface area contributed by atoms with Gasteiger partial charge in [0.1, 0.15) is 0 Å². The predicted octanol–water partition coefficient (Wildman–Crippen LogP) is 4.54. The Balaban J connectivity index is 1.75. The van der Waals surface area contributed by atoms with Gasteiger partial charge in [-0.15, -0.1) is 0 Å². The fourth-order valence-electron chi connectivity index (χ4n) is 4.65. The maximum Gasteiger partial charge on any atom is 0.0594 e. The van der Waals surface area contributed by atoms with Gasteiger partial charge < -0.3 is 4.74 Å². The first-order valence-corrected chi connectivity index (χ1v) is 10.3. The van der Waals surface area contributed by atoms with E-state index in [1.165, 1.54) is 50.6 Å². The molecule has 0 atom stereocenters. The summed E-state index contributed by atoms with van der Waals surface area (Å²) in [4.78, 5) is 5.27. The van der Waals surface area contributed by atoms with Crippen molar-refractivity contribution in [3.63, 3.8) is 0 Å². The van der Waals surface area contributed by atoms with Crippen LogP contribution in [0.25, 0.3) is 0 Å². The summed E-state index contributed by atoms with van der Waals surface area (Å²) in [6.45, 7) is 7.44. The van der Waals surface area contributed by atoms with E-state index in [2.05, 4.69) is 48.0 Å². The van der Waals surface area contributed by atoms with Crippen molar-refractivity contribution < 1.29 is 4.74 Å². The molecule has 0 radical (unpaired) electrons. The molecule has 25 heavy (non-hydrogen) atoms. The SMILES string of the molecule is CCCCN(C)C1(c2ccc(Cl)cc2)CCC(N2CCOCC2)CC1. The van der Waals surface area contributed by atoms with Crippen LogP contribution >= 0.6 is 11.6 Å². The molecule has 1 saturated carbocycles. The molecule has 1 aromatic carbocycles. The molecule has 4 heteroatoms. The van der Waals surface area contributed by atoms with Gasteiger partial charge in [0.2, 0.25) is 0 Å². The van der Waals surface area contributed by atoms with Gasteiger partial charge in [-0.05, 0) is 63.4 Å². The van der Waals surface area contributed by atoms with Crippen LogP contribution in [0.3, 0.4) is 0 Å². The first-order chi connectivity index (χ1) is 12.2. The lowest BCUT2D eigenvalue weighted by molar-refractivity contribution is -0.0156. The van der Waals surface area contributed by atoms with Crippen LogP contribution in [0.4, 0.5) is 0 Å². The normalized spacial score (nSPS) is 28.4. The van der Waals surface area contributed by atoms with Crippen molar-refractivity contribution in [3.8, 4) is 0 Å². The third-order valence-corrected chi connectivity index (χ3v) is 6.56. The van der Waals surface area contributed by atoms with Crippen molar-refractivity contribution >= 4 is 11.6 Å². The summed E-state index contributed by atoms with van der Waals surface area (Å²) in [5, 5.41) is 0.831. The average Bonchev–Trinajstić information content (AvgIpc) is 2.67. The lowest BCUT2D eigenvalue weighted by Crippen LogP contribution is -2.52. The molecule has 3 rings (SSSR count). The zero-order valence-electron chi connectivity index (χ0n) is 15.8. The second-order valence-electron chi connectivity index (χ2n) is 7.69. The Bertz CT molecular complexity index is 519. The van der Waals surface area contributed by atoms with Crippen molar-refractivity contribution in [1.29, 1.82) is 0 Å². The molecular weight excluding hydrogens is 332 g/mol. The van der Waals surface area contributed by atoms with Crippen LogP contribution < -0.4 is 0 Å². The molecule has 1 aromatic rings. The molecule has 0 N–H and O–H groups in total. The smallest absolute Gasteiger partial charge is 0.0594 e. The summed E-state index contributed by atoms with van der Waals surface area (Å²) in [7, 11) is 2.32. The molecule has 1 aliphatic heterocycles. The molecule has 0 aromatic heterocycles. The molecule has 1 aliphatic carbocycles. The van der Waals surface area contributed by atoms with Crippen molar-refractivity contribution in [3.05, 3.63) is 34.9 Å². The highest BCUT2D eigenvalue weighted by Crippen LogP contribution is 2.43. The van der Waals surface area contributed by atoms with Crippen molar-refractivity contribution in [2.45, 2.75) is 57.0 Å². The van der Waals surface area contributed by atoms with E-state index in [-0.39, 0.29) is 5.54 Å². The molecule has 0 spiro atoms. The summed E-state index contributed by atoms with van der Waals surface area (Å²) in [6, 6.07) is 9.34. The number of rotatable bonds is 6. The largest absolute Gasteiger partial charge is 0.379 e. The van der Waals surface area contributed by atoms with Crippen molar-refractivity contribution in [2.24, 2.45) is 0 Å². The topological polar surface area (TPSA) is 15.7 Å². The highest BCUT2D eigenvalue weighted by molar-refractivity contribution is 6.30. The van der Waals surface area contributed by atoms with Crippen LogP contribution in [0.2, 0.25) is 5.02 Å². The third kappa shape index (κ3) is 4.39. The molecule has 2 fully saturated rings. The van der Waals surface area contributed by atoms with E-state index in [1.807, 2.05) is 0 Å². The number of halogens is 1. The van der Waals surface area contributed by atoms with E-state index >= 15 is 0 Å². The fraction of sp³-hybridized carbons (Fsp3) is 0.714. The number of hydrogen-bond acceptors (Lipinski definition) is 3. The van der Waals surface area contributed by atoms with Gasteiger partial charge in [0, 0.05) is 29.7 Å². The van der Waals surface area contributed by atoms with Gasteiger partial charge in [-0.1, -0.05) is 37.1 Å². The second-order valence-corrected chi connectivity index (χ2v) is 8.13. The maximum absolute atomic E-state index is 6.15. The van der Waals surface area contributed by atoms with Crippen LogP contribution in [0.5, 0.6) is 0 Å². The zero-order chi connectivity index (χ0) is 17.7. The summed E-state index contributed by atoms with van der Waals surface area (Å²) in [6.07, 6.45) is 7.53. The molecule has 3 nitrogen and oxygen atoms in total. The molecule has 140 valence electrons. The van der Waals surface area contributed by atoms with E-state index < -0.39 is 0 Å². The van der Waals surface area contributed by atoms with E-state index in [9.17, 15) is 0 Å². The molecule has 2 aliphatic rings. The van der Waals surface area contributed by atoms with Gasteiger partial charge in [-0.25, -0.2) is 0 Å².